The summed E-state index contributed by atoms with van der Waals surface area (Å²) in [5.74, 6) is 0.439. The summed E-state index contributed by atoms with van der Waals surface area (Å²) in [6.45, 7) is 6.62. The van der Waals surface area contributed by atoms with Crippen molar-refractivity contribution in [3.8, 4) is 0 Å². The van der Waals surface area contributed by atoms with E-state index in [1.807, 2.05) is 6.92 Å². The van der Waals surface area contributed by atoms with E-state index in [2.05, 4.69) is 19.2 Å². The maximum atomic E-state index is 12.2. The fraction of sp³-hybridized carbons (Fsp3) is 0.500. The third-order valence-electron chi connectivity index (χ3n) is 3.35. The summed E-state index contributed by atoms with van der Waals surface area (Å²) >= 11 is 0. The van der Waals surface area contributed by atoms with Gasteiger partial charge in [-0.05, 0) is 30.5 Å². The van der Waals surface area contributed by atoms with Crippen LogP contribution >= 0.6 is 0 Å². The van der Waals surface area contributed by atoms with Crippen LogP contribution in [0.15, 0.2) is 24.3 Å². The molecule has 1 N–H and O–H groups in total. The Labute approximate surface area is 117 Å². The first kappa shape index (κ1) is 14.5. The third kappa shape index (κ3) is 2.80. The highest BCUT2D eigenvalue weighted by molar-refractivity contribution is 5.84. The van der Waals surface area contributed by atoms with Crippen molar-refractivity contribution in [2.45, 2.75) is 33.0 Å². The van der Waals surface area contributed by atoms with Crippen molar-refractivity contribution in [1.82, 2.24) is 10.2 Å². The molecule has 1 amide bonds. The average molecular weight is 277 g/mol. The summed E-state index contributed by atoms with van der Waals surface area (Å²) in [6, 6.07) is 6.12. The molecule has 20 heavy (non-hydrogen) atoms. The molecule has 1 aliphatic rings. The molecule has 0 bridgehead atoms. The van der Waals surface area contributed by atoms with Gasteiger partial charge in [-0.3, -0.25) is 20.2 Å². The molecule has 1 aromatic carbocycles. The van der Waals surface area contributed by atoms with Crippen molar-refractivity contribution in [3.05, 3.63) is 39.9 Å². The molecule has 0 aliphatic carbocycles. The minimum Gasteiger partial charge on any atom is -0.321 e. The second-order valence-corrected chi connectivity index (χ2v) is 5.52. The summed E-state index contributed by atoms with van der Waals surface area (Å²) < 4.78 is 0. The van der Waals surface area contributed by atoms with Crippen LogP contribution < -0.4 is 5.32 Å². The SMILES string of the molecule is CC(C)CN1C(=O)C(C)NC1c1ccc([N+](=O)[O-])cc1. The van der Waals surface area contributed by atoms with Gasteiger partial charge in [-0.1, -0.05) is 13.8 Å². The van der Waals surface area contributed by atoms with E-state index in [9.17, 15) is 14.9 Å². The van der Waals surface area contributed by atoms with E-state index in [-0.39, 0.29) is 23.8 Å². The van der Waals surface area contributed by atoms with Crippen LogP contribution in [0.5, 0.6) is 0 Å². The first-order valence-corrected chi connectivity index (χ1v) is 6.71. The summed E-state index contributed by atoms with van der Waals surface area (Å²) in [4.78, 5) is 24.2. The van der Waals surface area contributed by atoms with Crippen molar-refractivity contribution < 1.29 is 9.72 Å². The predicted octanol–water partition coefficient (Wildman–Crippen LogP) is 2.07. The van der Waals surface area contributed by atoms with Gasteiger partial charge in [0.05, 0.1) is 11.0 Å². The van der Waals surface area contributed by atoms with Crippen LogP contribution in [0.25, 0.3) is 0 Å². The molecule has 1 aliphatic heterocycles. The fourth-order valence-electron chi connectivity index (χ4n) is 2.42. The number of hydrogen-bond donors (Lipinski definition) is 1. The molecule has 1 heterocycles. The van der Waals surface area contributed by atoms with Gasteiger partial charge in [-0.15, -0.1) is 0 Å². The van der Waals surface area contributed by atoms with Crippen molar-refractivity contribution in [2.75, 3.05) is 6.54 Å². The van der Waals surface area contributed by atoms with Crippen LogP contribution in [-0.2, 0) is 4.79 Å². The molecular formula is C14H19N3O3. The van der Waals surface area contributed by atoms with E-state index in [0.717, 1.165) is 5.56 Å². The zero-order valence-electron chi connectivity index (χ0n) is 11.9. The highest BCUT2D eigenvalue weighted by Crippen LogP contribution is 2.27. The normalized spacial score (nSPS) is 22.6. The molecule has 1 aromatic rings. The lowest BCUT2D eigenvalue weighted by Crippen LogP contribution is -2.33. The van der Waals surface area contributed by atoms with Gasteiger partial charge < -0.3 is 4.90 Å². The number of hydrogen-bond acceptors (Lipinski definition) is 4. The van der Waals surface area contributed by atoms with E-state index >= 15 is 0 Å². The molecule has 0 saturated carbocycles. The number of nitro benzene ring substituents is 1. The minimum absolute atomic E-state index is 0.0570. The lowest BCUT2D eigenvalue weighted by atomic mass is 10.1. The van der Waals surface area contributed by atoms with Crippen LogP contribution in [0, 0.1) is 16.0 Å². The summed E-state index contributed by atoms with van der Waals surface area (Å²) in [7, 11) is 0. The Bertz CT molecular complexity index is 513. The first-order valence-electron chi connectivity index (χ1n) is 6.71. The first-order chi connectivity index (χ1) is 9.40. The number of nitrogens with zero attached hydrogens (tertiary/aromatic N) is 2. The molecule has 6 nitrogen and oxygen atoms in total. The number of nitro groups is 1. The fourth-order valence-corrected chi connectivity index (χ4v) is 2.42. The molecule has 0 aromatic heterocycles. The smallest absolute Gasteiger partial charge is 0.269 e. The van der Waals surface area contributed by atoms with Gasteiger partial charge in [-0.2, -0.15) is 0 Å². The molecule has 6 heteroatoms. The number of carbonyl (C=O) groups is 1. The van der Waals surface area contributed by atoms with Gasteiger partial charge in [0.25, 0.3) is 5.69 Å². The largest absolute Gasteiger partial charge is 0.321 e. The van der Waals surface area contributed by atoms with E-state index < -0.39 is 4.92 Å². The van der Waals surface area contributed by atoms with E-state index in [1.54, 1.807) is 17.0 Å². The molecule has 108 valence electrons. The lowest BCUT2D eigenvalue weighted by Gasteiger charge is -2.26. The van der Waals surface area contributed by atoms with E-state index in [0.29, 0.717) is 12.5 Å². The van der Waals surface area contributed by atoms with Gasteiger partial charge in [0.1, 0.15) is 6.17 Å². The topological polar surface area (TPSA) is 75.5 Å². The van der Waals surface area contributed by atoms with Crippen molar-refractivity contribution in [1.29, 1.82) is 0 Å². The van der Waals surface area contributed by atoms with E-state index in [1.165, 1.54) is 12.1 Å². The molecule has 2 unspecified atom stereocenters. The summed E-state index contributed by atoms with van der Waals surface area (Å²) in [6.07, 6.45) is -0.208. The number of rotatable bonds is 4. The quantitative estimate of drug-likeness (QED) is 0.675. The van der Waals surface area contributed by atoms with Crippen LogP contribution in [-0.4, -0.2) is 28.3 Å². The van der Waals surface area contributed by atoms with Gasteiger partial charge in [-0.25, -0.2) is 0 Å². The van der Waals surface area contributed by atoms with E-state index in [4.69, 9.17) is 0 Å². The number of non-ortho nitro benzene ring substituents is 1. The Morgan fingerprint density at radius 2 is 1.95 bits per heavy atom. The molecule has 0 radical (unpaired) electrons. The Kier molecular flexibility index (Phi) is 4.04. The molecule has 0 spiro atoms. The van der Waals surface area contributed by atoms with Crippen molar-refractivity contribution in [3.63, 3.8) is 0 Å². The predicted molar refractivity (Wildman–Crippen MR) is 75.0 cm³/mol. The molecular weight excluding hydrogens is 258 g/mol. The summed E-state index contributed by atoms with van der Waals surface area (Å²) in [5, 5.41) is 13.9. The maximum absolute atomic E-state index is 12.2. The number of benzene rings is 1. The van der Waals surface area contributed by atoms with Crippen molar-refractivity contribution >= 4 is 11.6 Å². The zero-order valence-corrected chi connectivity index (χ0v) is 11.9. The van der Waals surface area contributed by atoms with Gasteiger partial charge in [0, 0.05) is 18.7 Å². The molecule has 2 rings (SSSR count). The Hall–Kier alpha value is -1.95. The Balaban J connectivity index is 2.25. The average Bonchev–Trinajstić information content (AvgIpc) is 2.66. The second-order valence-electron chi connectivity index (χ2n) is 5.52. The van der Waals surface area contributed by atoms with Gasteiger partial charge >= 0.3 is 0 Å². The number of amides is 1. The number of nitrogens with one attached hydrogen (secondary N) is 1. The highest BCUT2D eigenvalue weighted by atomic mass is 16.6. The molecule has 2 atom stereocenters. The van der Waals surface area contributed by atoms with Crippen molar-refractivity contribution in [2.24, 2.45) is 5.92 Å². The van der Waals surface area contributed by atoms with Gasteiger partial charge in [0.2, 0.25) is 5.91 Å². The minimum atomic E-state index is -0.425. The zero-order chi connectivity index (χ0) is 14.9. The standard InChI is InChI=1S/C14H19N3O3/c1-9(2)8-16-13(15-10(3)14(16)18)11-4-6-12(7-5-11)17(19)20/h4-7,9-10,13,15H,8H2,1-3H3. The monoisotopic (exact) mass is 277 g/mol. The maximum Gasteiger partial charge on any atom is 0.269 e. The van der Waals surface area contributed by atoms with Crippen LogP contribution in [0.1, 0.15) is 32.5 Å². The lowest BCUT2D eigenvalue weighted by molar-refractivity contribution is -0.384. The van der Waals surface area contributed by atoms with Crippen LogP contribution in [0.4, 0.5) is 5.69 Å². The van der Waals surface area contributed by atoms with Gasteiger partial charge in [0.15, 0.2) is 0 Å². The Morgan fingerprint density at radius 3 is 2.45 bits per heavy atom. The highest BCUT2D eigenvalue weighted by Gasteiger charge is 2.37. The molecule has 1 saturated heterocycles. The van der Waals surface area contributed by atoms with Crippen LogP contribution in [0.2, 0.25) is 0 Å². The summed E-state index contributed by atoms with van der Waals surface area (Å²) in [5.41, 5.74) is 0.926. The van der Waals surface area contributed by atoms with Crippen LogP contribution in [0.3, 0.4) is 0 Å². The second kappa shape index (κ2) is 5.58. The number of carbonyl (C=O) groups excluding carboxylic acids is 1. The Morgan fingerprint density at radius 1 is 1.35 bits per heavy atom. The third-order valence-corrected chi connectivity index (χ3v) is 3.35. The molecule has 1 fully saturated rings.